The van der Waals surface area contributed by atoms with Gasteiger partial charge in [0.15, 0.2) is 0 Å². The lowest BCUT2D eigenvalue weighted by Crippen LogP contribution is -2.46. The van der Waals surface area contributed by atoms with Crippen LogP contribution in [0.3, 0.4) is 0 Å². The summed E-state index contributed by atoms with van der Waals surface area (Å²) in [6.07, 6.45) is 2.40. The van der Waals surface area contributed by atoms with E-state index in [1.165, 1.54) is 18.4 Å². The van der Waals surface area contributed by atoms with Gasteiger partial charge in [-0.3, -0.25) is 9.59 Å². The Morgan fingerprint density at radius 1 is 1.33 bits per heavy atom. The molecule has 1 fully saturated rings. The van der Waals surface area contributed by atoms with Gasteiger partial charge in [0, 0.05) is 13.0 Å². The van der Waals surface area contributed by atoms with Crippen molar-refractivity contribution in [2.24, 2.45) is 5.92 Å². The molecule has 3 rings (SSSR count). The Morgan fingerprint density at radius 2 is 2.17 bits per heavy atom. The Hall–Kier alpha value is -2.63. The van der Waals surface area contributed by atoms with Gasteiger partial charge in [-0.1, -0.05) is 12.1 Å². The summed E-state index contributed by atoms with van der Waals surface area (Å²) in [4.78, 5) is 25.5. The van der Waals surface area contributed by atoms with Crippen LogP contribution in [0.2, 0.25) is 0 Å². The number of carboxylic acid groups (broad SMARTS) is 1. The third kappa shape index (κ3) is 3.32. The molecule has 0 saturated carbocycles. The summed E-state index contributed by atoms with van der Waals surface area (Å²) < 4.78 is 18.7. The molecule has 0 aliphatic carbocycles. The van der Waals surface area contributed by atoms with Crippen molar-refractivity contribution in [2.45, 2.75) is 25.3 Å². The fourth-order valence-corrected chi connectivity index (χ4v) is 3.23. The molecule has 1 aliphatic heterocycles. The van der Waals surface area contributed by atoms with Crippen molar-refractivity contribution >= 4 is 11.9 Å². The molecule has 1 aromatic heterocycles. The minimum absolute atomic E-state index is 0.106. The van der Waals surface area contributed by atoms with Crippen molar-refractivity contribution in [3.63, 3.8) is 0 Å². The number of rotatable bonds is 5. The minimum atomic E-state index is -0.945. The van der Waals surface area contributed by atoms with Crippen LogP contribution in [-0.4, -0.2) is 28.4 Å². The number of carboxylic acids is 1. The van der Waals surface area contributed by atoms with Crippen LogP contribution in [-0.2, 0) is 16.0 Å². The zero-order valence-electron chi connectivity index (χ0n) is 13.0. The molecule has 1 aliphatic rings. The van der Waals surface area contributed by atoms with Crippen LogP contribution in [0, 0.1) is 11.7 Å². The van der Waals surface area contributed by atoms with Gasteiger partial charge in [-0.2, -0.15) is 0 Å². The number of likely N-dealkylation sites (tertiary alicyclic amines) is 1. The first-order chi connectivity index (χ1) is 11.6. The molecular formula is C18H18FNO4. The van der Waals surface area contributed by atoms with Crippen LogP contribution in [0.4, 0.5) is 4.39 Å². The van der Waals surface area contributed by atoms with Gasteiger partial charge in [-0.05, 0) is 42.7 Å². The monoisotopic (exact) mass is 331 g/mol. The van der Waals surface area contributed by atoms with Gasteiger partial charge in [0.2, 0.25) is 5.91 Å². The van der Waals surface area contributed by atoms with E-state index in [2.05, 4.69) is 0 Å². The average molecular weight is 331 g/mol. The van der Waals surface area contributed by atoms with E-state index in [-0.39, 0.29) is 24.6 Å². The standard InChI is InChI=1S/C18H18FNO4/c19-13-4-1-3-12(11-13)8-9-20-16(21)7-6-14(18(22)23)17(20)15-5-2-10-24-15/h1-5,10-11,14,17H,6-9H2,(H,22,23)/t14-,17-/m0/s1. The van der Waals surface area contributed by atoms with Gasteiger partial charge in [0.25, 0.3) is 0 Å². The maximum Gasteiger partial charge on any atom is 0.309 e. The van der Waals surface area contributed by atoms with Gasteiger partial charge < -0.3 is 14.4 Å². The lowest BCUT2D eigenvalue weighted by Gasteiger charge is -2.38. The Kier molecular flexibility index (Phi) is 4.64. The zero-order chi connectivity index (χ0) is 17.1. The summed E-state index contributed by atoms with van der Waals surface area (Å²) >= 11 is 0. The first-order valence-electron chi connectivity index (χ1n) is 7.86. The highest BCUT2D eigenvalue weighted by Crippen LogP contribution is 2.37. The van der Waals surface area contributed by atoms with Crippen molar-refractivity contribution in [2.75, 3.05) is 6.54 Å². The molecule has 2 heterocycles. The lowest BCUT2D eigenvalue weighted by atomic mass is 9.87. The third-order valence-electron chi connectivity index (χ3n) is 4.39. The highest BCUT2D eigenvalue weighted by molar-refractivity contribution is 5.81. The number of piperidine rings is 1. The molecule has 5 nitrogen and oxygen atoms in total. The molecular weight excluding hydrogens is 313 g/mol. The molecule has 1 amide bonds. The Labute approximate surface area is 138 Å². The molecule has 0 bridgehead atoms. The highest BCUT2D eigenvalue weighted by atomic mass is 19.1. The molecule has 1 aromatic carbocycles. The van der Waals surface area contributed by atoms with Gasteiger partial charge >= 0.3 is 5.97 Å². The predicted octanol–water partition coefficient (Wildman–Crippen LogP) is 3.03. The molecule has 0 radical (unpaired) electrons. The lowest BCUT2D eigenvalue weighted by molar-refractivity contribution is -0.152. The maximum atomic E-state index is 13.3. The van der Waals surface area contributed by atoms with E-state index in [1.54, 1.807) is 29.2 Å². The van der Waals surface area contributed by atoms with E-state index >= 15 is 0 Å². The van der Waals surface area contributed by atoms with E-state index in [0.717, 1.165) is 5.56 Å². The average Bonchev–Trinajstić information content (AvgIpc) is 3.07. The number of hydrogen-bond acceptors (Lipinski definition) is 3. The Bertz CT molecular complexity index is 728. The number of hydrogen-bond donors (Lipinski definition) is 1. The summed E-state index contributed by atoms with van der Waals surface area (Å²) in [6.45, 7) is 0.317. The van der Waals surface area contributed by atoms with Crippen molar-refractivity contribution in [3.05, 3.63) is 59.8 Å². The second-order valence-corrected chi connectivity index (χ2v) is 5.91. The molecule has 126 valence electrons. The molecule has 24 heavy (non-hydrogen) atoms. The summed E-state index contributed by atoms with van der Waals surface area (Å²) in [5.41, 5.74) is 0.762. The van der Waals surface area contributed by atoms with E-state index in [9.17, 15) is 19.1 Å². The van der Waals surface area contributed by atoms with E-state index in [1.807, 2.05) is 0 Å². The molecule has 6 heteroatoms. The zero-order valence-corrected chi connectivity index (χ0v) is 13.0. The van der Waals surface area contributed by atoms with Gasteiger partial charge in [-0.25, -0.2) is 4.39 Å². The second-order valence-electron chi connectivity index (χ2n) is 5.91. The smallest absolute Gasteiger partial charge is 0.309 e. The van der Waals surface area contributed by atoms with Gasteiger partial charge in [0.1, 0.15) is 17.6 Å². The number of nitrogens with zero attached hydrogens (tertiary/aromatic N) is 1. The molecule has 0 spiro atoms. The Morgan fingerprint density at radius 3 is 2.83 bits per heavy atom. The van der Waals surface area contributed by atoms with Crippen molar-refractivity contribution in [1.82, 2.24) is 4.90 Å². The molecule has 2 atom stereocenters. The van der Waals surface area contributed by atoms with Crippen molar-refractivity contribution < 1.29 is 23.5 Å². The van der Waals surface area contributed by atoms with Crippen LogP contribution in [0.5, 0.6) is 0 Å². The SMILES string of the molecule is O=C(O)[C@H]1CCC(=O)N(CCc2cccc(F)c2)[C@@H]1c1ccco1. The maximum absolute atomic E-state index is 13.3. The quantitative estimate of drug-likeness (QED) is 0.914. The number of amides is 1. The first-order valence-corrected chi connectivity index (χ1v) is 7.86. The Balaban J connectivity index is 1.84. The van der Waals surface area contributed by atoms with Gasteiger partial charge in [-0.15, -0.1) is 0 Å². The largest absolute Gasteiger partial charge is 0.481 e. The molecule has 2 aromatic rings. The second kappa shape index (κ2) is 6.86. The normalized spacial score (nSPS) is 21.0. The number of benzene rings is 1. The van der Waals surface area contributed by atoms with Crippen molar-refractivity contribution in [1.29, 1.82) is 0 Å². The summed E-state index contributed by atoms with van der Waals surface area (Å²) in [5.74, 6) is -1.62. The number of carbonyl (C=O) groups is 2. The van der Waals surface area contributed by atoms with Crippen LogP contribution in [0.15, 0.2) is 47.1 Å². The molecule has 0 unspecified atom stereocenters. The fourth-order valence-electron chi connectivity index (χ4n) is 3.23. The number of furan rings is 1. The summed E-state index contributed by atoms with van der Waals surface area (Å²) in [6, 6.07) is 8.92. The number of halogens is 1. The predicted molar refractivity (Wildman–Crippen MR) is 83.6 cm³/mol. The highest BCUT2D eigenvalue weighted by Gasteiger charge is 2.41. The van der Waals surface area contributed by atoms with E-state index < -0.39 is 17.9 Å². The summed E-state index contributed by atoms with van der Waals surface area (Å²) in [5, 5.41) is 9.50. The van der Waals surface area contributed by atoms with Crippen molar-refractivity contribution in [3.8, 4) is 0 Å². The third-order valence-corrected chi connectivity index (χ3v) is 4.39. The number of aliphatic carboxylic acids is 1. The van der Waals surface area contributed by atoms with Crippen LogP contribution >= 0.6 is 0 Å². The minimum Gasteiger partial charge on any atom is -0.481 e. The number of carbonyl (C=O) groups excluding carboxylic acids is 1. The van der Waals surface area contributed by atoms with Gasteiger partial charge in [0.05, 0.1) is 12.2 Å². The summed E-state index contributed by atoms with van der Waals surface area (Å²) in [7, 11) is 0. The fraction of sp³-hybridized carbons (Fsp3) is 0.333. The molecule has 1 saturated heterocycles. The first kappa shape index (κ1) is 16.2. The van der Waals surface area contributed by atoms with E-state index in [0.29, 0.717) is 18.7 Å². The molecule has 1 N–H and O–H groups in total. The van der Waals surface area contributed by atoms with E-state index in [4.69, 9.17) is 4.42 Å². The van der Waals surface area contributed by atoms with Crippen LogP contribution in [0.1, 0.15) is 30.2 Å². The topological polar surface area (TPSA) is 70.8 Å². The van der Waals surface area contributed by atoms with Crippen LogP contribution < -0.4 is 0 Å². The van der Waals surface area contributed by atoms with Crippen LogP contribution in [0.25, 0.3) is 0 Å².